The lowest BCUT2D eigenvalue weighted by Crippen LogP contribution is -1.74. The first-order chi connectivity index (χ1) is 4.20. The molecular formula is C7H7IO. The minimum Gasteiger partial charge on any atom is -0.508 e. The molecule has 0 atom stereocenters. The van der Waals surface area contributed by atoms with Crippen molar-refractivity contribution in [3.63, 3.8) is 0 Å². The lowest BCUT2D eigenvalue weighted by Gasteiger charge is -1.96. The number of benzene rings is 1. The normalized spacial score (nSPS) is 9.56. The Hall–Kier alpha value is -0.250. The van der Waals surface area contributed by atoms with Crippen LogP contribution in [0, 0.1) is 10.5 Å². The van der Waals surface area contributed by atoms with Gasteiger partial charge in [-0.15, -0.1) is 0 Å². The molecule has 0 unspecified atom stereocenters. The molecule has 0 aliphatic heterocycles. The van der Waals surface area contributed by atoms with Gasteiger partial charge in [0.25, 0.3) is 0 Å². The fourth-order valence-corrected chi connectivity index (χ4v) is 1.06. The average Bonchev–Trinajstić information content (AvgIpc) is 1.80. The second-order valence-corrected chi connectivity index (χ2v) is 3.18. The van der Waals surface area contributed by atoms with Crippen LogP contribution < -0.4 is 0 Å². The summed E-state index contributed by atoms with van der Waals surface area (Å²) in [5.41, 5.74) is 0.926. The molecular weight excluding hydrogens is 227 g/mol. The van der Waals surface area contributed by atoms with E-state index < -0.39 is 0 Å². The standard InChI is InChI=1S/C7H7IO/c1-5-2-3-6(8)4-7(5)9/h2-4,9H,1H3. The Morgan fingerprint density at radius 3 is 2.56 bits per heavy atom. The third-order valence-corrected chi connectivity index (χ3v) is 1.84. The van der Waals surface area contributed by atoms with E-state index in [9.17, 15) is 0 Å². The maximum Gasteiger partial charge on any atom is 0.119 e. The second-order valence-electron chi connectivity index (χ2n) is 1.93. The molecule has 0 saturated heterocycles. The van der Waals surface area contributed by atoms with Gasteiger partial charge in [-0.3, -0.25) is 0 Å². The quantitative estimate of drug-likeness (QED) is 0.683. The summed E-state index contributed by atoms with van der Waals surface area (Å²) in [5, 5.41) is 9.10. The van der Waals surface area contributed by atoms with Crippen LogP contribution in [0.25, 0.3) is 0 Å². The van der Waals surface area contributed by atoms with Gasteiger partial charge in [-0.2, -0.15) is 0 Å². The molecule has 0 heterocycles. The van der Waals surface area contributed by atoms with Crippen molar-refractivity contribution >= 4 is 22.6 Å². The number of phenolic OH excluding ortho intramolecular Hbond substituents is 1. The highest BCUT2D eigenvalue weighted by Gasteiger charge is 1.92. The molecule has 0 spiro atoms. The van der Waals surface area contributed by atoms with E-state index in [1.807, 2.05) is 19.1 Å². The van der Waals surface area contributed by atoms with Gasteiger partial charge in [-0.1, -0.05) is 6.07 Å². The zero-order chi connectivity index (χ0) is 6.85. The van der Waals surface area contributed by atoms with Crippen molar-refractivity contribution in [2.75, 3.05) is 0 Å². The minimum atomic E-state index is 0.377. The van der Waals surface area contributed by atoms with Crippen molar-refractivity contribution in [3.05, 3.63) is 27.3 Å². The van der Waals surface area contributed by atoms with Gasteiger partial charge >= 0.3 is 0 Å². The van der Waals surface area contributed by atoms with Crippen LogP contribution in [0.5, 0.6) is 5.75 Å². The largest absolute Gasteiger partial charge is 0.508 e. The number of hydrogen-bond acceptors (Lipinski definition) is 1. The predicted molar refractivity (Wildman–Crippen MR) is 45.6 cm³/mol. The Kier molecular flexibility index (Phi) is 1.95. The van der Waals surface area contributed by atoms with Crippen LogP contribution in [0.1, 0.15) is 5.56 Å². The van der Waals surface area contributed by atoms with Crippen LogP contribution >= 0.6 is 22.6 Å². The SMILES string of the molecule is Cc1ccc(I)cc1O. The summed E-state index contributed by atoms with van der Waals surface area (Å²) in [6, 6.07) is 5.61. The van der Waals surface area contributed by atoms with E-state index in [4.69, 9.17) is 5.11 Å². The van der Waals surface area contributed by atoms with Crippen LogP contribution in [0.15, 0.2) is 18.2 Å². The van der Waals surface area contributed by atoms with E-state index in [2.05, 4.69) is 22.6 Å². The van der Waals surface area contributed by atoms with Crippen molar-refractivity contribution in [1.82, 2.24) is 0 Å². The van der Waals surface area contributed by atoms with Gasteiger partial charge in [-0.05, 0) is 47.2 Å². The van der Waals surface area contributed by atoms with Gasteiger partial charge in [0.2, 0.25) is 0 Å². The highest BCUT2D eigenvalue weighted by molar-refractivity contribution is 14.1. The molecule has 1 nitrogen and oxygen atoms in total. The van der Waals surface area contributed by atoms with Crippen molar-refractivity contribution in [2.45, 2.75) is 6.92 Å². The Labute approximate surface area is 67.9 Å². The third-order valence-electron chi connectivity index (χ3n) is 1.17. The van der Waals surface area contributed by atoms with Gasteiger partial charge < -0.3 is 5.11 Å². The zero-order valence-electron chi connectivity index (χ0n) is 5.06. The predicted octanol–water partition coefficient (Wildman–Crippen LogP) is 2.31. The molecule has 0 aromatic heterocycles. The topological polar surface area (TPSA) is 20.2 Å². The van der Waals surface area contributed by atoms with Gasteiger partial charge in [0.15, 0.2) is 0 Å². The van der Waals surface area contributed by atoms with Crippen molar-refractivity contribution in [3.8, 4) is 5.75 Å². The molecule has 1 aromatic rings. The lowest BCUT2D eigenvalue weighted by molar-refractivity contribution is 0.470. The maximum absolute atomic E-state index is 9.10. The summed E-state index contributed by atoms with van der Waals surface area (Å²) in [7, 11) is 0. The molecule has 0 aliphatic carbocycles. The fraction of sp³-hybridized carbons (Fsp3) is 0.143. The number of hydrogen-bond donors (Lipinski definition) is 1. The number of halogens is 1. The lowest BCUT2D eigenvalue weighted by atomic mass is 10.2. The van der Waals surface area contributed by atoms with E-state index in [0.717, 1.165) is 9.13 Å². The Morgan fingerprint density at radius 2 is 2.11 bits per heavy atom. The summed E-state index contributed by atoms with van der Waals surface area (Å²) in [4.78, 5) is 0. The number of rotatable bonds is 0. The van der Waals surface area contributed by atoms with Crippen LogP contribution in [0.3, 0.4) is 0 Å². The highest BCUT2D eigenvalue weighted by Crippen LogP contribution is 2.17. The molecule has 9 heavy (non-hydrogen) atoms. The van der Waals surface area contributed by atoms with Crippen LogP contribution in [-0.4, -0.2) is 5.11 Å². The van der Waals surface area contributed by atoms with Crippen LogP contribution in [-0.2, 0) is 0 Å². The first-order valence-electron chi connectivity index (χ1n) is 2.65. The molecule has 0 bridgehead atoms. The second kappa shape index (κ2) is 2.56. The van der Waals surface area contributed by atoms with E-state index >= 15 is 0 Å². The molecule has 0 amide bonds. The summed E-state index contributed by atoms with van der Waals surface area (Å²) < 4.78 is 1.07. The first-order valence-corrected chi connectivity index (χ1v) is 3.73. The molecule has 0 radical (unpaired) electrons. The van der Waals surface area contributed by atoms with Crippen molar-refractivity contribution in [1.29, 1.82) is 0 Å². The van der Waals surface area contributed by atoms with Gasteiger partial charge in [0.1, 0.15) is 5.75 Å². The summed E-state index contributed by atoms with van der Waals surface area (Å²) in [6.45, 7) is 1.88. The third kappa shape index (κ3) is 1.58. The molecule has 1 N–H and O–H groups in total. The van der Waals surface area contributed by atoms with Gasteiger partial charge in [0, 0.05) is 3.57 Å². The number of aryl methyl sites for hydroxylation is 1. The summed E-state index contributed by atoms with van der Waals surface area (Å²) >= 11 is 2.16. The summed E-state index contributed by atoms with van der Waals surface area (Å²) in [5.74, 6) is 0.377. The number of aromatic hydroxyl groups is 1. The molecule has 1 aromatic carbocycles. The average molecular weight is 234 g/mol. The zero-order valence-corrected chi connectivity index (χ0v) is 7.21. The van der Waals surface area contributed by atoms with Crippen molar-refractivity contribution in [2.24, 2.45) is 0 Å². The van der Waals surface area contributed by atoms with Crippen molar-refractivity contribution < 1.29 is 5.11 Å². The highest BCUT2D eigenvalue weighted by atomic mass is 127. The number of phenols is 1. The molecule has 0 fully saturated rings. The monoisotopic (exact) mass is 234 g/mol. The van der Waals surface area contributed by atoms with E-state index in [1.165, 1.54) is 0 Å². The van der Waals surface area contributed by atoms with Crippen LogP contribution in [0.4, 0.5) is 0 Å². The molecule has 0 saturated carbocycles. The smallest absolute Gasteiger partial charge is 0.119 e. The summed E-state index contributed by atoms with van der Waals surface area (Å²) in [6.07, 6.45) is 0. The van der Waals surface area contributed by atoms with Gasteiger partial charge in [-0.25, -0.2) is 0 Å². The minimum absolute atomic E-state index is 0.377. The molecule has 48 valence electrons. The fourth-order valence-electron chi connectivity index (χ4n) is 0.583. The molecule has 1 rings (SSSR count). The Morgan fingerprint density at radius 1 is 1.44 bits per heavy atom. The molecule has 0 aliphatic rings. The van der Waals surface area contributed by atoms with Crippen LogP contribution in [0.2, 0.25) is 0 Å². The van der Waals surface area contributed by atoms with E-state index in [0.29, 0.717) is 5.75 Å². The Bertz CT molecular complexity index is 220. The van der Waals surface area contributed by atoms with Gasteiger partial charge in [0.05, 0.1) is 0 Å². The Balaban J connectivity index is 3.17. The van der Waals surface area contributed by atoms with E-state index in [1.54, 1.807) is 6.07 Å². The maximum atomic E-state index is 9.10. The first kappa shape index (κ1) is 6.86. The molecule has 2 heteroatoms. The van der Waals surface area contributed by atoms with E-state index in [-0.39, 0.29) is 0 Å².